The predicted octanol–water partition coefficient (Wildman–Crippen LogP) is 2.20. The van der Waals surface area contributed by atoms with E-state index in [1.54, 1.807) is 36.6 Å². The normalized spacial score (nSPS) is 16.1. The molecular formula is C28H45N5O6S. The summed E-state index contributed by atoms with van der Waals surface area (Å²) < 4.78 is 36.2. The molecule has 1 saturated heterocycles. The molecular weight excluding hydrogens is 534 g/mol. The number of sulfonamides is 1. The number of β-amino-alcohol motifs (C(OH)–C–C–N with tert-alkyl or cyclic N) is 1. The van der Waals surface area contributed by atoms with Gasteiger partial charge in [-0.2, -0.15) is 0 Å². The largest absolute Gasteiger partial charge is 0.485 e. The van der Waals surface area contributed by atoms with Gasteiger partial charge in [-0.05, 0) is 72.2 Å². The van der Waals surface area contributed by atoms with E-state index in [4.69, 9.17) is 4.74 Å². The van der Waals surface area contributed by atoms with Crippen LogP contribution in [0.4, 0.5) is 5.82 Å². The highest BCUT2D eigenvalue weighted by Crippen LogP contribution is 2.24. The van der Waals surface area contributed by atoms with E-state index in [9.17, 15) is 23.1 Å². The number of aliphatic hydroxyl groups is 1. The predicted molar refractivity (Wildman–Crippen MR) is 157 cm³/mol. The van der Waals surface area contributed by atoms with E-state index in [1.807, 2.05) is 34.6 Å². The average Bonchev–Trinajstić information content (AvgIpc) is 2.87. The van der Waals surface area contributed by atoms with Crippen molar-refractivity contribution in [3.05, 3.63) is 51.2 Å². The number of piperazine rings is 1. The van der Waals surface area contributed by atoms with Crippen molar-refractivity contribution < 1.29 is 18.3 Å². The van der Waals surface area contributed by atoms with Crippen LogP contribution in [-0.2, 0) is 10.0 Å². The maximum absolute atomic E-state index is 13.1. The molecule has 1 aliphatic heterocycles. The van der Waals surface area contributed by atoms with Crippen LogP contribution in [0.1, 0.15) is 67.0 Å². The van der Waals surface area contributed by atoms with Gasteiger partial charge in [-0.15, -0.1) is 0 Å². The average molecular weight is 580 g/mol. The molecule has 1 fully saturated rings. The van der Waals surface area contributed by atoms with Gasteiger partial charge in [0.15, 0.2) is 0 Å². The smallest absolute Gasteiger partial charge is 0.333 e. The number of nitrogens with zero attached hydrogens (tertiary/aromatic N) is 4. The monoisotopic (exact) mass is 579 g/mol. The zero-order valence-electron chi connectivity index (χ0n) is 24.8. The van der Waals surface area contributed by atoms with Crippen LogP contribution in [0.15, 0.2) is 44.8 Å². The summed E-state index contributed by atoms with van der Waals surface area (Å²) in [4.78, 5) is 30.2. The van der Waals surface area contributed by atoms with Crippen LogP contribution in [0, 0.1) is 0 Å². The number of anilines is 1. The second-order valence-electron chi connectivity index (χ2n) is 11.4. The molecule has 0 saturated carbocycles. The number of rotatable bonds is 12. The molecule has 1 atom stereocenters. The lowest BCUT2D eigenvalue weighted by molar-refractivity contribution is -0.0450. The third kappa shape index (κ3) is 7.34. The van der Waals surface area contributed by atoms with Gasteiger partial charge in [0.25, 0.3) is 5.56 Å². The molecule has 3 rings (SSSR count). The van der Waals surface area contributed by atoms with Gasteiger partial charge in [0, 0.05) is 57.4 Å². The molecule has 2 aromatic rings. The number of benzene rings is 1. The Morgan fingerprint density at radius 2 is 1.55 bits per heavy atom. The molecule has 2 N–H and O–H groups in total. The van der Waals surface area contributed by atoms with Gasteiger partial charge in [-0.25, -0.2) is 17.9 Å². The molecule has 1 aromatic heterocycles. The molecule has 0 amide bonds. The number of hydrogen-bond donors (Lipinski definition) is 2. The third-order valence-corrected chi connectivity index (χ3v) is 8.65. The van der Waals surface area contributed by atoms with E-state index in [1.165, 1.54) is 16.7 Å². The Hall–Kier alpha value is -2.67. The molecule has 0 aliphatic carbocycles. The van der Waals surface area contributed by atoms with Crippen molar-refractivity contribution in [3.63, 3.8) is 0 Å². The first-order valence-electron chi connectivity index (χ1n) is 14.0. The standard InChI is InChI=1S/C28H45N5O6S/c1-8-13-29-40(37,38)23-11-9-22(10-12-23)39-28(6,7)24(34)19-30-14-16-31(17-15-30)25-18-26(35)33(21(4)5)27(36)32(25)20(2)3/h9-12,18,20-21,24,29,34H,8,13-17,19H2,1-7H3. The SMILES string of the molecule is CCCNS(=O)(=O)c1ccc(OC(C)(C)C(O)CN2CCN(c3cc(=O)n(C(C)C)c(=O)n3C(C)C)CC2)cc1. The first-order chi connectivity index (χ1) is 18.7. The fourth-order valence-electron chi connectivity index (χ4n) is 4.76. The van der Waals surface area contributed by atoms with Crippen LogP contribution < -0.4 is 25.6 Å². The van der Waals surface area contributed by atoms with Crippen LogP contribution in [0.25, 0.3) is 0 Å². The van der Waals surface area contributed by atoms with Crippen molar-refractivity contribution >= 4 is 15.8 Å². The molecule has 11 nitrogen and oxygen atoms in total. The highest BCUT2D eigenvalue weighted by atomic mass is 32.2. The van der Waals surface area contributed by atoms with E-state index in [0.717, 1.165) is 0 Å². The summed E-state index contributed by atoms with van der Waals surface area (Å²) >= 11 is 0. The molecule has 224 valence electrons. The molecule has 40 heavy (non-hydrogen) atoms. The Balaban J connectivity index is 1.64. The minimum atomic E-state index is -3.56. The minimum absolute atomic E-state index is 0.104. The lowest BCUT2D eigenvalue weighted by Gasteiger charge is -2.40. The van der Waals surface area contributed by atoms with E-state index in [-0.39, 0.29) is 28.2 Å². The summed E-state index contributed by atoms with van der Waals surface area (Å²) in [6.07, 6.45) is -0.121. The van der Waals surface area contributed by atoms with Crippen molar-refractivity contribution in [1.29, 1.82) is 0 Å². The van der Waals surface area contributed by atoms with Crippen molar-refractivity contribution in [2.24, 2.45) is 0 Å². The molecule has 1 aromatic carbocycles. The quantitative estimate of drug-likeness (QED) is 0.392. The lowest BCUT2D eigenvalue weighted by Crippen LogP contribution is -2.54. The van der Waals surface area contributed by atoms with Crippen LogP contribution in [0.3, 0.4) is 0 Å². The Labute approximate surface area is 237 Å². The minimum Gasteiger partial charge on any atom is -0.485 e. The van der Waals surface area contributed by atoms with E-state index >= 15 is 0 Å². The van der Waals surface area contributed by atoms with Gasteiger partial charge in [-0.1, -0.05) is 6.92 Å². The molecule has 1 aliphatic rings. The Bertz CT molecular complexity index is 1360. The van der Waals surface area contributed by atoms with Crippen LogP contribution in [0.2, 0.25) is 0 Å². The van der Waals surface area contributed by atoms with Crippen LogP contribution in [-0.4, -0.2) is 78.5 Å². The zero-order valence-corrected chi connectivity index (χ0v) is 25.6. The molecule has 1 unspecified atom stereocenters. The fourth-order valence-corrected chi connectivity index (χ4v) is 5.90. The van der Waals surface area contributed by atoms with Crippen LogP contribution in [0.5, 0.6) is 5.75 Å². The first kappa shape index (κ1) is 31.9. The van der Waals surface area contributed by atoms with Gasteiger partial charge in [0.1, 0.15) is 23.3 Å². The summed E-state index contributed by atoms with van der Waals surface area (Å²) in [5.74, 6) is 1.09. The summed E-state index contributed by atoms with van der Waals surface area (Å²) in [5, 5.41) is 11.1. The van der Waals surface area contributed by atoms with Crippen molar-refractivity contribution in [1.82, 2.24) is 18.8 Å². The Kier molecular flexibility index (Phi) is 10.3. The topological polar surface area (TPSA) is 126 Å². The van der Waals surface area contributed by atoms with Gasteiger partial charge >= 0.3 is 5.69 Å². The maximum Gasteiger partial charge on any atom is 0.333 e. The highest BCUT2D eigenvalue weighted by molar-refractivity contribution is 7.89. The molecule has 12 heteroatoms. The van der Waals surface area contributed by atoms with E-state index < -0.39 is 21.7 Å². The fraction of sp³-hybridized carbons (Fsp3) is 0.643. The Morgan fingerprint density at radius 3 is 2.08 bits per heavy atom. The Morgan fingerprint density at radius 1 is 0.975 bits per heavy atom. The molecule has 0 bridgehead atoms. The molecule has 0 radical (unpaired) electrons. The van der Waals surface area contributed by atoms with Crippen molar-refractivity contribution in [2.75, 3.05) is 44.2 Å². The second-order valence-corrected chi connectivity index (χ2v) is 13.2. The van der Waals surface area contributed by atoms with Crippen molar-refractivity contribution in [3.8, 4) is 5.75 Å². The van der Waals surface area contributed by atoms with Gasteiger partial charge in [0.2, 0.25) is 10.0 Å². The first-order valence-corrected chi connectivity index (χ1v) is 15.5. The number of aliphatic hydroxyl groups excluding tert-OH is 1. The number of aromatic nitrogens is 2. The molecule has 2 heterocycles. The van der Waals surface area contributed by atoms with Crippen LogP contribution >= 0.6 is 0 Å². The molecule has 0 spiro atoms. The summed E-state index contributed by atoms with van der Waals surface area (Å²) in [6, 6.07) is 7.39. The third-order valence-electron chi connectivity index (χ3n) is 7.17. The summed E-state index contributed by atoms with van der Waals surface area (Å²) in [6.45, 7) is 16.3. The highest BCUT2D eigenvalue weighted by Gasteiger charge is 2.33. The van der Waals surface area contributed by atoms with Crippen molar-refractivity contribution in [2.45, 2.75) is 83.6 Å². The number of nitrogens with one attached hydrogen (secondary N) is 1. The van der Waals surface area contributed by atoms with Gasteiger partial charge < -0.3 is 14.7 Å². The van der Waals surface area contributed by atoms with E-state index in [2.05, 4.69) is 14.5 Å². The van der Waals surface area contributed by atoms with E-state index in [0.29, 0.717) is 57.3 Å². The summed E-state index contributed by atoms with van der Waals surface area (Å²) in [7, 11) is -3.56. The second kappa shape index (κ2) is 12.9. The summed E-state index contributed by atoms with van der Waals surface area (Å²) in [5.41, 5.74) is -1.53. The van der Waals surface area contributed by atoms with Gasteiger partial charge in [0.05, 0.1) is 4.90 Å². The number of hydrogen-bond acceptors (Lipinski definition) is 8. The lowest BCUT2D eigenvalue weighted by atomic mass is 10.0. The zero-order chi connectivity index (χ0) is 29.8. The maximum atomic E-state index is 13.1. The number of ether oxygens (including phenoxy) is 1. The van der Waals surface area contributed by atoms with Gasteiger partial charge in [-0.3, -0.25) is 18.8 Å².